The summed E-state index contributed by atoms with van der Waals surface area (Å²) in [7, 11) is 1.88. The molecular weight excluding hydrogens is 454 g/mol. The fourth-order valence-corrected chi connectivity index (χ4v) is 6.51. The third-order valence-corrected chi connectivity index (χ3v) is 8.53. The van der Waals surface area contributed by atoms with Crippen molar-refractivity contribution in [2.45, 2.75) is 90.3 Å². The minimum Gasteiger partial charge on any atom is -0.388 e. The summed E-state index contributed by atoms with van der Waals surface area (Å²) in [6, 6.07) is 3.84. The number of piperidine rings is 1. The summed E-state index contributed by atoms with van der Waals surface area (Å²) in [6.45, 7) is 5.31. The zero-order valence-corrected chi connectivity index (χ0v) is 21.9. The summed E-state index contributed by atoms with van der Waals surface area (Å²) in [5.74, 6) is -0.0443. The van der Waals surface area contributed by atoms with Crippen LogP contribution in [0.25, 0.3) is 10.9 Å². The highest BCUT2D eigenvalue weighted by molar-refractivity contribution is 6.06. The van der Waals surface area contributed by atoms with Gasteiger partial charge in [0.05, 0.1) is 11.6 Å². The molecule has 3 heterocycles. The highest BCUT2D eigenvalue weighted by Crippen LogP contribution is 2.59. The third kappa shape index (κ3) is 4.44. The number of nitrogens with one attached hydrogen (secondary N) is 2. The van der Waals surface area contributed by atoms with E-state index in [2.05, 4.69) is 21.8 Å². The molecule has 1 saturated heterocycles. The molecule has 5 rings (SSSR count). The second-order valence-electron chi connectivity index (χ2n) is 11.0. The lowest BCUT2D eigenvalue weighted by molar-refractivity contribution is -0.139. The van der Waals surface area contributed by atoms with Crippen molar-refractivity contribution in [2.75, 3.05) is 25.5 Å². The number of aryl methyl sites for hydroxylation is 1. The zero-order chi connectivity index (χ0) is 25.4. The van der Waals surface area contributed by atoms with Crippen LogP contribution in [0.3, 0.4) is 0 Å². The molecule has 2 bridgehead atoms. The van der Waals surface area contributed by atoms with Gasteiger partial charge in [-0.3, -0.25) is 19.1 Å². The maximum Gasteiger partial charge on any atom is 0.245 e. The van der Waals surface area contributed by atoms with Crippen LogP contribution < -0.4 is 10.6 Å². The van der Waals surface area contributed by atoms with Crippen LogP contribution >= 0.6 is 0 Å². The minimum atomic E-state index is -0.355. The number of rotatable bonds is 4. The maximum atomic E-state index is 13.8. The summed E-state index contributed by atoms with van der Waals surface area (Å²) < 4.78 is 1.73. The van der Waals surface area contributed by atoms with Crippen LogP contribution in [-0.4, -0.2) is 64.4 Å². The number of hydrogen-bond acceptors (Lipinski definition) is 6. The lowest BCUT2D eigenvalue weighted by Gasteiger charge is -2.26. The van der Waals surface area contributed by atoms with E-state index in [9.17, 15) is 14.4 Å². The first-order valence-corrected chi connectivity index (χ1v) is 13.6. The normalized spacial score (nSPS) is 27.0. The van der Waals surface area contributed by atoms with Gasteiger partial charge in [0.1, 0.15) is 12.2 Å². The monoisotopic (exact) mass is 493 g/mol. The first-order valence-electron chi connectivity index (χ1n) is 13.6. The predicted octanol–water partition coefficient (Wildman–Crippen LogP) is 3.72. The number of carbonyl (C=O) groups is 3. The topological polar surface area (TPSA) is 96.3 Å². The van der Waals surface area contributed by atoms with Gasteiger partial charge < -0.3 is 15.5 Å². The van der Waals surface area contributed by atoms with Crippen molar-refractivity contribution in [3.8, 4) is 0 Å². The van der Waals surface area contributed by atoms with Gasteiger partial charge >= 0.3 is 0 Å². The van der Waals surface area contributed by atoms with Gasteiger partial charge in [-0.05, 0) is 56.3 Å². The number of benzene rings is 1. The molecule has 1 aliphatic carbocycles. The summed E-state index contributed by atoms with van der Waals surface area (Å²) in [4.78, 5) is 41.1. The van der Waals surface area contributed by atoms with Crippen molar-refractivity contribution in [2.24, 2.45) is 5.41 Å². The van der Waals surface area contributed by atoms with Crippen molar-refractivity contribution in [1.29, 1.82) is 0 Å². The van der Waals surface area contributed by atoms with Crippen molar-refractivity contribution in [1.82, 2.24) is 20.0 Å². The molecule has 3 aliphatic rings. The van der Waals surface area contributed by atoms with E-state index >= 15 is 0 Å². The molecule has 3 atom stereocenters. The maximum absolute atomic E-state index is 13.8. The Kier molecular flexibility index (Phi) is 6.90. The first-order chi connectivity index (χ1) is 17.4. The number of anilines is 1. The molecule has 0 radical (unpaired) electrons. The molecule has 1 amide bonds. The molecule has 2 N–H and O–H groups in total. The predicted molar refractivity (Wildman–Crippen MR) is 140 cm³/mol. The Labute approximate surface area is 213 Å². The third-order valence-electron chi connectivity index (χ3n) is 8.53. The molecule has 194 valence electrons. The van der Waals surface area contributed by atoms with Gasteiger partial charge in [0, 0.05) is 49.5 Å². The van der Waals surface area contributed by atoms with Gasteiger partial charge in [0.2, 0.25) is 5.91 Å². The molecule has 1 aromatic carbocycles. The average molecular weight is 494 g/mol. The molecule has 0 unspecified atom stereocenters. The van der Waals surface area contributed by atoms with E-state index in [0.29, 0.717) is 12.1 Å². The largest absolute Gasteiger partial charge is 0.388 e. The van der Waals surface area contributed by atoms with Crippen LogP contribution in [0.1, 0.15) is 81.3 Å². The van der Waals surface area contributed by atoms with E-state index in [1.165, 1.54) is 19.8 Å². The molecule has 8 nitrogen and oxygen atoms in total. The molecule has 8 heteroatoms. The van der Waals surface area contributed by atoms with Gasteiger partial charge in [-0.25, -0.2) is 0 Å². The molecule has 0 spiro atoms. The van der Waals surface area contributed by atoms with Crippen molar-refractivity contribution < 1.29 is 14.4 Å². The Morgan fingerprint density at radius 1 is 1.17 bits per heavy atom. The number of hydrogen-bond donors (Lipinski definition) is 2. The zero-order valence-electron chi connectivity index (χ0n) is 21.9. The standard InChI is InChI=1S/C28H39N5O3/c1-4-23(35)22-14-28-15-24(28)33(22)25(36)16-32-27-19(10-8-6-5-7-9-11-30-17-28)12-20(29-3)13-21(27)26(31-32)18(2)34/h12-13,22,24,29-30H,4-11,14-17H2,1-3H3/t22-,24+,28-/m0/s1. The number of Topliss-reactive ketones (excluding diaryl/α,β-unsaturated/α-hetero) is 2. The van der Waals surface area contributed by atoms with E-state index in [1.54, 1.807) is 4.68 Å². The Balaban J connectivity index is 1.56. The molecule has 2 fully saturated rings. The first kappa shape index (κ1) is 24.9. The molecule has 36 heavy (non-hydrogen) atoms. The fraction of sp³-hybridized carbons (Fsp3) is 0.643. The van der Waals surface area contributed by atoms with Crippen molar-refractivity contribution >= 4 is 34.1 Å². The van der Waals surface area contributed by atoms with Crippen LogP contribution in [0.4, 0.5) is 5.69 Å². The van der Waals surface area contributed by atoms with Gasteiger partial charge in [0.15, 0.2) is 11.6 Å². The summed E-state index contributed by atoms with van der Waals surface area (Å²) in [6.07, 6.45) is 8.74. The van der Waals surface area contributed by atoms with E-state index in [-0.39, 0.29) is 41.5 Å². The van der Waals surface area contributed by atoms with Crippen LogP contribution in [-0.2, 0) is 22.6 Å². The second kappa shape index (κ2) is 9.96. The molecule has 2 aromatic rings. The average Bonchev–Trinajstić information content (AvgIpc) is 3.27. The Bertz CT molecular complexity index is 1190. The Morgan fingerprint density at radius 3 is 2.69 bits per heavy atom. The lowest BCUT2D eigenvalue weighted by Crippen LogP contribution is -2.44. The number of ketones is 2. The molecule has 2 aliphatic heterocycles. The quantitative estimate of drug-likeness (QED) is 0.631. The second-order valence-corrected chi connectivity index (χ2v) is 11.0. The van der Waals surface area contributed by atoms with Gasteiger partial charge in [-0.1, -0.05) is 26.2 Å². The fourth-order valence-electron chi connectivity index (χ4n) is 6.51. The van der Waals surface area contributed by atoms with E-state index < -0.39 is 0 Å². The van der Waals surface area contributed by atoms with Crippen LogP contribution in [0.2, 0.25) is 0 Å². The number of nitrogens with zero attached hydrogens (tertiary/aromatic N) is 3. The van der Waals surface area contributed by atoms with Crippen molar-refractivity contribution in [3.63, 3.8) is 0 Å². The van der Waals surface area contributed by atoms with E-state index in [1.807, 2.05) is 24.9 Å². The number of carbonyl (C=O) groups excluding carboxylic acids is 3. The lowest BCUT2D eigenvalue weighted by atomic mass is 9.96. The Morgan fingerprint density at radius 2 is 1.94 bits per heavy atom. The van der Waals surface area contributed by atoms with Gasteiger partial charge in [0.25, 0.3) is 0 Å². The Hall–Kier alpha value is -2.74. The smallest absolute Gasteiger partial charge is 0.245 e. The van der Waals surface area contributed by atoms with Gasteiger partial charge in [-0.2, -0.15) is 5.10 Å². The van der Waals surface area contributed by atoms with Gasteiger partial charge in [-0.15, -0.1) is 0 Å². The van der Waals surface area contributed by atoms with E-state index in [0.717, 1.165) is 73.8 Å². The van der Waals surface area contributed by atoms with Crippen LogP contribution in [0.5, 0.6) is 0 Å². The molecule has 1 saturated carbocycles. The number of aromatic nitrogens is 2. The van der Waals surface area contributed by atoms with Crippen LogP contribution in [0, 0.1) is 5.41 Å². The summed E-state index contributed by atoms with van der Waals surface area (Å²) in [5.41, 5.74) is 3.34. The molecule has 1 aromatic heterocycles. The minimum absolute atomic E-state index is 0.0166. The SMILES string of the molecule is CCC(=O)[C@@H]1C[C@]23CNCCCCCCCc4cc(NC)cc5c(C(C)=O)nn(c45)CC(=O)N1[C@@H]2C3. The highest BCUT2D eigenvalue weighted by Gasteiger charge is 2.66. The molecular formula is C28H39N5O3. The highest BCUT2D eigenvalue weighted by atomic mass is 16.2. The summed E-state index contributed by atoms with van der Waals surface area (Å²) >= 11 is 0. The van der Waals surface area contributed by atoms with Crippen molar-refractivity contribution in [3.05, 3.63) is 23.4 Å². The summed E-state index contributed by atoms with van der Waals surface area (Å²) in [5, 5.41) is 12.3. The van der Waals surface area contributed by atoms with Crippen LogP contribution in [0.15, 0.2) is 12.1 Å². The number of amides is 1. The van der Waals surface area contributed by atoms with E-state index in [4.69, 9.17) is 0 Å².